The molecular weight excluding hydrogens is 675 g/mol. The van der Waals surface area contributed by atoms with Crippen molar-refractivity contribution in [3.05, 3.63) is 220 Å². The highest BCUT2D eigenvalue weighted by molar-refractivity contribution is 6.01. The summed E-state index contributed by atoms with van der Waals surface area (Å²) in [4.78, 5) is 0.571. The van der Waals surface area contributed by atoms with E-state index in [1.54, 1.807) is 0 Å². The average molecular weight is 750 g/mol. The van der Waals surface area contributed by atoms with Crippen molar-refractivity contribution in [2.75, 3.05) is 4.90 Å². The van der Waals surface area contributed by atoms with E-state index < -0.39 is 238 Å². The highest BCUT2D eigenvalue weighted by atomic mass is 15.1. The van der Waals surface area contributed by atoms with E-state index in [1.165, 1.54) is 36.4 Å². The fourth-order valence-electron chi connectivity index (χ4n) is 8.84. The Morgan fingerprint density at radius 1 is 0.393 bits per heavy atom. The normalized spacial score (nSPS) is 25.5. The third-order valence-electron chi connectivity index (χ3n) is 11.1. The number of benzene rings is 8. The third kappa shape index (κ3) is 3.81. The molecule has 1 heteroatoms. The van der Waals surface area contributed by atoms with Gasteiger partial charge in [0.15, 0.2) is 0 Å². The highest BCUT2D eigenvalue weighted by Crippen LogP contribution is 2.65. The first-order valence-corrected chi connectivity index (χ1v) is 17.2. The van der Waals surface area contributed by atoms with Crippen molar-refractivity contribution in [1.29, 1.82) is 0 Å². The van der Waals surface area contributed by atoms with Gasteiger partial charge in [0, 0.05) is 44.2 Å². The molecule has 56 heavy (non-hydrogen) atoms. The Morgan fingerprint density at radius 2 is 0.839 bits per heavy atom. The molecule has 0 aliphatic heterocycles. The molecule has 0 unspecified atom stereocenters. The van der Waals surface area contributed by atoms with Crippen molar-refractivity contribution in [2.24, 2.45) is 0 Å². The van der Waals surface area contributed by atoms with Crippen LogP contribution >= 0.6 is 0 Å². The largest absolute Gasteiger partial charge is 0.310 e. The van der Waals surface area contributed by atoms with Crippen LogP contribution in [0.4, 0.5) is 17.1 Å². The Bertz CT molecular complexity index is 4430. The molecule has 12 rings (SSSR count). The first kappa shape index (κ1) is 13.1. The second kappa shape index (κ2) is 10.9. The van der Waals surface area contributed by atoms with Crippen LogP contribution in [0.5, 0.6) is 0 Å². The van der Waals surface area contributed by atoms with Gasteiger partial charge < -0.3 is 4.90 Å². The lowest BCUT2D eigenvalue weighted by Crippen LogP contribution is -2.26. The number of nitrogens with zero attached hydrogens (tertiary/aromatic N) is 1. The molecule has 0 fully saturated rings. The van der Waals surface area contributed by atoms with Gasteiger partial charge in [-0.1, -0.05) is 173 Å². The number of anilines is 3. The first-order valence-electron chi connectivity index (χ1n) is 34.2. The first-order chi connectivity index (χ1) is 41.5. The molecule has 4 aliphatic rings. The quantitative estimate of drug-likeness (QED) is 0.174. The van der Waals surface area contributed by atoms with Crippen LogP contribution in [0.2, 0.25) is 0 Å². The van der Waals surface area contributed by atoms with Gasteiger partial charge in [0.2, 0.25) is 0 Å². The zero-order valence-corrected chi connectivity index (χ0v) is 28.5. The van der Waals surface area contributed by atoms with Crippen LogP contribution in [0.3, 0.4) is 0 Å². The lowest BCUT2D eigenvalue weighted by molar-refractivity contribution is 0.660. The summed E-state index contributed by atoms with van der Waals surface area (Å²) in [6.45, 7) is -16.1. The van der Waals surface area contributed by atoms with E-state index in [-0.39, 0.29) is 44.5 Å². The fourth-order valence-corrected chi connectivity index (χ4v) is 8.84. The summed E-state index contributed by atoms with van der Waals surface area (Å²) in [5, 5.41) is 0. The van der Waals surface area contributed by atoms with Crippen LogP contribution in [0.15, 0.2) is 175 Å². The maximum atomic E-state index is 10.5. The van der Waals surface area contributed by atoms with E-state index in [9.17, 15) is 16.4 Å². The van der Waals surface area contributed by atoms with Gasteiger partial charge in [-0.2, -0.15) is 0 Å². The maximum absolute atomic E-state index is 10.5. The summed E-state index contributed by atoms with van der Waals surface area (Å²) in [6, 6.07) is -14.0. The monoisotopic (exact) mass is 750 g/mol. The third-order valence-corrected chi connectivity index (χ3v) is 11.1. The molecule has 8 aromatic carbocycles. The summed E-state index contributed by atoms with van der Waals surface area (Å²) in [7, 11) is 0. The Morgan fingerprint density at radius 3 is 1.38 bits per heavy atom. The molecule has 0 aromatic heterocycles. The molecule has 4 aliphatic carbocycles. The van der Waals surface area contributed by atoms with E-state index in [2.05, 4.69) is 0 Å². The van der Waals surface area contributed by atoms with Crippen LogP contribution in [0.1, 0.15) is 119 Å². The molecule has 0 saturated heterocycles. The van der Waals surface area contributed by atoms with Crippen molar-refractivity contribution < 1.29 is 46.6 Å². The lowest BCUT2D eigenvalue weighted by atomic mass is 9.70. The predicted molar refractivity (Wildman–Crippen MR) is 233 cm³/mol. The number of hydrogen-bond donors (Lipinski definition) is 0. The van der Waals surface area contributed by atoms with Gasteiger partial charge in [0.05, 0.1) is 41.3 Å². The smallest absolute Gasteiger partial charge is 0.0726 e. The molecular formula is C55H41N. The van der Waals surface area contributed by atoms with Crippen LogP contribution in [-0.2, 0) is 16.2 Å². The standard InChI is InChI=1S/C55H41N/c1-53(2)43-21-10-5-16-36(43)40-30-28-34(32-49(40)53)56(35-29-31-41-37-17-6-11-22-44(37)54(3,4)50(41)33-35)51-27-15-26-48-52(51)42-20-9-14-25-47(42)55(48)45-23-12-7-18-38(45)39-19-8-13-24-46(39)55/h5-33H,1-4H3/i1D3,2D3,3D3,4D3,5D,6D,7D,8D,10D,11D,12D,13D,16D,17D,18D,19D,21D,22D,23D,24D,28D,29D,30D,31D,32D,33D. The summed E-state index contributed by atoms with van der Waals surface area (Å²) in [6.07, 6.45) is 0. The topological polar surface area (TPSA) is 3.24 Å². The second-order valence-electron chi connectivity index (χ2n) is 13.8. The Hall–Kier alpha value is -6.44. The van der Waals surface area contributed by atoms with Crippen LogP contribution in [0, 0.1) is 0 Å². The second-order valence-corrected chi connectivity index (χ2v) is 13.8. The summed E-state index contributed by atoms with van der Waals surface area (Å²) in [5.41, 5.74) is -23.5. The van der Waals surface area contributed by atoms with Crippen molar-refractivity contribution in [3.8, 4) is 44.5 Å². The van der Waals surface area contributed by atoms with Crippen molar-refractivity contribution >= 4 is 17.1 Å². The minimum Gasteiger partial charge on any atom is -0.310 e. The van der Waals surface area contributed by atoms with E-state index in [0.29, 0.717) is 4.90 Å². The van der Waals surface area contributed by atoms with Gasteiger partial charge in [-0.15, -0.1) is 0 Å². The van der Waals surface area contributed by atoms with E-state index >= 15 is 0 Å². The predicted octanol–water partition coefficient (Wildman–Crippen LogP) is 14.1. The Labute approximate surface area is 377 Å². The molecule has 0 heterocycles. The van der Waals surface area contributed by atoms with Gasteiger partial charge in [-0.3, -0.25) is 0 Å². The number of fused-ring (bicyclic) bond motifs is 16. The van der Waals surface area contributed by atoms with Crippen molar-refractivity contribution in [3.63, 3.8) is 0 Å². The van der Waals surface area contributed by atoms with Crippen LogP contribution in [-0.4, -0.2) is 0 Å². The summed E-state index contributed by atoms with van der Waals surface area (Å²) in [5.74, 6) is 0. The number of hydrogen-bond acceptors (Lipinski definition) is 1. The van der Waals surface area contributed by atoms with Gasteiger partial charge in [-0.25, -0.2) is 0 Å². The number of rotatable bonds is 3. The van der Waals surface area contributed by atoms with E-state index in [1.807, 2.05) is 0 Å². The van der Waals surface area contributed by atoms with Gasteiger partial charge >= 0.3 is 0 Å². The lowest BCUT2D eigenvalue weighted by Gasteiger charge is -2.33. The molecule has 0 bridgehead atoms. The fraction of sp³-hybridized carbons (Fsp3) is 0.127. The molecule has 266 valence electrons. The minimum absolute atomic E-state index is 0.00708. The van der Waals surface area contributed by atoms with Crippen molar-refractivity contribution in [1.82, 2.24) is 0 Å². The molecule has 0 saturated carbocycles. The molecule has 0 radical (unpaired) electrons. The average Bonchev–Trinajstić information content (AvgIpc) is 1.50. The Balaban J connectivity index is 1.36. The van der Waals surface area contributed by atoms with Crippen LogP contribution in [0.25, 0.3) is 44.5 Å². The van der Waals surface area contributed by atoms with Crippen molar-refractivity contribution in [2.45, 2.75) is 43.7 Å². The summed E-state index contributed by atoms with van der Waals surface area (Å²) >= 11 is 0. The summed E-state index contributed by atoms with van der Waals surface area (Å²) < 4.78 is 316. The minimum atomic E-state index is -4.03. The molecule has 8 aromatic rings. The highest BCUT2D eigenvalue weighted by Gasteiger charge is 2.52. The maximum Gasteiger partial charge on any atom is 0.0726 e. The van der Waals surface area contributed by atoms with E-state index in [0.717, 1.165) is 6.07 Å². The van der Waals surface area contributed by atoms with Gasteiger partial charge in [-0.05, 0) is 114 Å². The zero-order valence-electron chi connectivity index (χ0n) is 62.5. The molecule has 1 spiro atoms. The zero-order chi connectivity index (χ0) is 66.7. The molecule has 1 nitrogen and oxygen atoms in total. The van der Waals surface area contributed by atoms with Gasteiger partial charge in [0.25, 0.3) is 0 Å². The molecule has 0 N–H and O–H groups in total. The Kier molecular flexibility index (Phi) is 2.54. The van der Waals surface area contributed by atoms with Gasteiger partial charge in [0.1, 0.15) is 0 Å². The van der Waals surface area contributed by atoms with Crippen LogP contribution < -0.4 is 4.90 Å². The van der Waals surface area contributed by atoms with E-state index in [4.69, 9.17) is 30.2 Å². The molecule has 0 atom stereocenters. The SMILES string of the molecule is [2H]c1c([2H])c([2H])c2c(c1[2H])-c1c([2H])c([2H])c([2H])c([2H])c1C21c2ccccc2-c2c(N(c3c([2H])c([2H])c4c(c3[2H])C(C([2H])([2H])[2H])(C([2H])([2H])[2H])c3c([2H])c([2H])c([2H])c([2H])c3-4)c3c([2H])c([2H])c4c(c3[2H])C(C([2H])([2H])[2H])(C([2H])([2H])[2H])c3c([2H])c([2H])c([2H])c([2H])c3-4)cccc21. The molecule has 0 amide bonds.